The maximum Gasteiger partial charge on any atom is 0.483 e. The highest BCUT2D eigenvalue weighted by molar-refractivity contribution is 7.61. The molecule has 4 fully saturated rings. The summed E-state index contributed by atoms with van der Waals surface area (Å²) in [6.07, 6.45) is 2.97. The van der Waals surface area contributed by atoms with E-state index >= 15 is 0 Å². The van der Waals surface area contributed by atoms with Crippen molar-refractivity contribution in [2.75, 3.05) is 26.4 Å². The van der Waals surface area contributed by atoms with Gasteiger partial charge in [-0.2, -0.15) is 4.31 Å². The molecule has 109 heavy (non-hydrogen) atoms. The van der Waals surface area contributed by atoms with Crippen LogP contribution in [-0.2, 0) is 60.4 Å². The van der Waals surface area contributed by atoms with Crippen molar-refractivity contribution in [2.24, 2.45) is 0 Å². The van der Waals surface area contributed by atoms with E-state index in [1.165, 1.54) is 50.2 Å². The van der Waals surface area contributed by atoms with Crippen LogP contribution in [0.15, 0.2) is 128 Å². The van der Waals surface area contributed by atoms with Gasteiger partial charge in [0.25, 0.3) is 0 Å². The zero-order valence-electron chi connectivity index (χ0n) is 65.8. The zero-order valence-corrected chi connectivity index (χ0v) is 67.6. The highest BCUT2D eigenvalue weighted by Crippen LogP contribution is 2.61. The summed E-state index contributed by atoms with van der Waals surface area (Å²) >= 11 is 0. The smallest absolute Gasteiger partial charge is 0.479 e. The Morgan fingerprint density at radius 1 is 0.339 bits per heavy atom. The Morgan fingerprint density at radius 3 is 1.03 bits per heavy atom. The molecule has 0 saturated carbocycles. The number of hydrogen-bond donors (Lipinski definition) is 15. The van der Waals surface area contributed by atoms with Crippen LogP contribution >= 0.6 is 15.6 Å². The summed E-state index contributed by atoms with van der Waals surface area (Å²) in [5.41, 5.74) is 14.6. The monoisotopic (exact) mass is 1590 g/mol. The van der Waals surface area contributed by atoms with Crippen LogP contribution in [0.4, 0.5) is 0 Å². The van der Waals surface area contributed by atoms with Gasteiger partial charge in [0.15, 0.2) is 31.3 Å². The van der Waals surface area contributed by atoms with E-state index in [0.717, 1.165) is 121 Å². The number of aliphatic hydroxyl groups excluding tert-OH is 12. The minimum absolute atomic E-state index is 0.468. The first-order valence-corrected chi connectivity index (χ1v) is 41.1. The molecule has 0 aliphatic carbocycles. The molecule has 22 atom stereocenters. The van der Waals surface area contributed by atoms with Crippen LogP contribution in [0.2, 0.25) is 0 Å². The van der Waals surface area contributed by atoms with Gasteiger partial charge in [-0.05, 0) is 212 Å². The van der Waals surface area contributed by atoms with Gasteiger partial charge in [0.05, 0.1) is 26.4 Å². The van der Waals surface area contributed by atoms with Crippen LogP contribution in [0, 0.1) is 0 Å². The first-order valence-electron chi connectivity index (χ1n) is 38.1. The highest BCUT2D eigenvalue weighted by Gasteiger charge is 2.57. The molecule has 0 radical (unpaired) electrons. The van der Waals surface area contributed by atoms with Crippen molar-refractivity contribution in [1.29, 1.82) is 0 Å². The SMILES string of the molecule is C/C=C(/C)CC/C=C(/C)CC/C=C(/C)CC/C=C(/C)CC/C=C(/C)CC/C=C(/C)CC/C=C(/C)CC/C=C(/C)CC/C=C(\C)CC/C=C(\C)CC/C=C(\C)COP(=O)(O)OP(=O)(O)O[C@H]1O[C@H](CO)[C@@H](O[C@@H]2O[C@H](CO)[C@@H](O)[C@H](O[C@H]3O[C@H](CO)[C@@H](O)[C@H](O)[C@@H]3O[C@@H]3O[C@H](C(=O)O)[C@@H](O)[C@H](O)[C@H]3O)[C@H]2O)[C@H](O)[C@H]1O. The fraction of sp³-hybridized carbons (Fsp3) is 0.709. The Morgan fingerprint density at radius 2 is 0.651 bits per heavy atom. The molecule has 624 valence electrons. The van der Waals surface area contributed by atoms with E-state index in [1.54, 1.807) is 13.0 Å². The fourth-order valence-electron chi connectivity index (χ4n) is 12.6. The van der Waals surface area contributed by atoms with Crippen LogP contribution in [0.3, 0.4) is 0 Å². The molecule has 0 spiro atoms. The zero-order chi connectivity index (χ0) is 81.3. The number of carboxylic acid groups (broad SMARTS) is 1. The number of carboxylic acids is 1. The molecule has 0 amide bonds. The van der Waals surface area contributed by atoms with Crippen LogP contribution in [0.5, 0.6) is 0 Å². The Kier molecular flexibility index (Phi) is 44.5. The molecule has 30 heteroatoms. The number of aliphatic hydroxyl groups is 12. The number of hydrogen-bond acceptors (Lipinski definition) is 25. The van der Waals surface area contributed by atoms with Crippen molar-refractivity contribution < 1.29 is 137 Å². The number of ether oxygens (including phenoxy) is 7. The average Bonchev–Trinajstić information content (AvgIpc) is 0.774. The van der Waals surface area contributed by atoms with Gasteiger partial charge < -0.3 is 109 Å². The van der Waals surface area contributed by atoms with E-state index in [2.05, 4.69) is 134 Å². The molecule has 15 N–H and O–H groups in total. The minimum atomic E-state index is -5.77. The third kappa shape index (κ3) is 34.6. The number of phosphoric ester groups is 2. The highest BCUT2D eigenvalue weighted by atomic mass is 31.3. The van der Waals surface area contributed by atoms with Crippen LogP contribution in [-0.4, -0.2) is 231 Å². The molecule has 28 nitrogen and oxygen atoms in total. The van der Waals surface area contributed by atoms with Gasteiger partial charge in [-0.15, -0.1) is 0 Å². The standard InChI is InChI=1S/C79H130O28P2/c1-13-48(2)24-14-25-49(3)26-15-27-50(4)28-16-29-51(5)30-17-31-52(6)32-18-33-53(7)34-19-35-54(8)36-20-37-55(9)38-21-39-56(10)40-22-41-57(11)42-23-43-58(12)47-98-108(94,95)107-109(96,97)106-78-69(90)67(88)71(61(46-82)101-78)102-77-70(91)72(63(84)60(45-81)99-77)103-79-74(65(86)62(83)59(44-80)100-79)105-76-68(89)64(85)66(87)73(104-76)75(92)93/h13,25,27,29,31,33,35,37,39,41,43,59-74,76-91H,14-24,26,28,30,32,34,36,38,40,42,44-47H2,1-12H3,(H,92,93)(H,94,95)(H,96,97)/b48-13-,49-25-,50-27-,51-29-,52-31-,53-33-,54-35-,55-37-,56-39+,57-41+,58-43+/t59-,60-,61-,62-,63-,64+,65+,66+,67-,68-,69-,70-,71-,72+,73+,74+,76+,77+,78-,79-/m1/s1. The van der Waals surface area contributed by atoms with Crippen molar-refractivity contribution in [1.82, 2.24) is 0 Å². The number of phosphoric acid groups is 2. The second-order valence-corrected chi connectivity index (χ2v) is 32.6. The normalized spacial score (nSPS) is 32.0. The molecule has 2 unspecified atom stereocenters. The average molecular weight is 1590 g/mol. The summed E-state index contributed by atoms with van der Waals surface area (Å²) in [4.78, 5) is 32.8. The summed E-state index contributed by atoms with van der Waals surface area (Å²) in [6, 6.07) is 0. The molecule has 0 bridgehead atoms. The first kappa shape index (κ1) is 97.5. The molecule has 4 heterocycles. The van der Waals surface area contributed by atoms with E-state index in [0.29, 0.717) is 18.4 Å². The summed E-state index contributed by atoms with van der Waals surface area (Å²) < 4.78 is 78.9. The molecule has 4 aliphatic rings. The lowest BCUT2D eigenvalue weighted by atomic mass is 9.95. The third-order valence-electron chi connectivity index (χ3n) is 19.9. The topological polar surface area (TPSA) is 447 Å². The minimum Gasteiger partial charge on any atom is -0.479 e. The molecule has 0 aromatic heterocycles. The van der Waals surface area contributed by atoms with Gasteiger partial charge in [0, 0.05) is 0 Å². The summed E-state index contributed by atoms with van der Waals surface area (Å²) in [5, 5.41) is 138. The maximum absolute atomic E-state index is 13.1. The lowest BCUT2D eigenvalue weighted by molar-refractivity contribution is -0.394. The molecular weight excluding hydrogens is 1460 g/mol. The lowest BCUT2D eigenvalue weighted by Crippen LogP contribution is -2.68. The van der Waals surface area contributed by atoms with Crippen molar-refractivity contribution >= 4 is 21.6 Å². The number of aliphatic carboxylic acids is 1. The van der Waals surface area contributed by atoms with Gasteiger partial charge in [-0.25, -0.2) is 13.9 Å². The second kappa shape index (κ2) is 49.8. The Balaban J connectivity index is 1.14. The molecule has 4 saturated heterocycles. The summed E-state index contributed by atoms with van der Waals surface area (Å²) in [6.45, 7) is 22.0. The number of rotatable bonds is 47. The number of allylic oxidation sites excluding steroid dienone is 21. The van der Waals surface area contributed by atoms with Gasteiger partial charge in [0.2, 0.25) is 0 Å². The van der Waals surface area contributed by atoms with Gasteiger partial charge in [-0.1, -0.05) is 128 Å². The number of carbonyl (C=O) groups is 1. The quantitative estimate of drug-likeness (QED) is 0.0199. The van der Waals surface area contributed by atoms with Crippen molar-refractivity contribution in [3.05, 3.63) is 128 Å². The van der Waals surface area contributed by atoms with Crippen LogP contribution < -0.4 is 0 Å². The van der Waals surface area contributed by atoms with E-state index in [9.17, 15) is 90.1 Å². The largest absolute Gasteiger partial charge is 0.483 e. The van der Waals surface area contributed by atoms with E-state index in [-0.39, 0.29) is 0 Å². The van der Waals surface area contributed by atoms with E-state index < -0.39 is 171 Å². The maximum atomic E-state index is 13.1. The predicted molar refractivity (Wildman–Crippen MR) is 409 cm³/mol. The first-order chi connectivity index (χ1) is 51.4. The van der Waals surface area contributed by atoms with Crippen molar-refractivity contribution in [2.45, 2.75) is 334 Å². The molecule has 0 aromatic rings. The van der Waals surface area contributed by atoms with Crippen LogP contribution in [0.25, 0.3) is 0 Å². The molecule has 0 aromatic carbocycles. The van der Waals surface area contributed by atoms with Gasteiger partial charge >= 0.3 is 21.6 Å². The van der Waals surface area contributed by atoms with Crippen LogP contribution in [0.1, 0.15) is 212 Å². The third-order valence-corrected chi connectivity index (χ3v) is 22.4. The lowest BCUT2D eigenvalue weighted by Gasteiger charge is -2.49. The van der Waals surface area contributed by atoms with E-state index in [1.807, 2.05) is 6.92 Å². The summed E-state index contributed by atoms with van der Waals surface area (Å²) in [5.74, 6) is -1.82. The summed E-state index contributed by atoms with van der Waals surface area (Å²) in [7, 11) is -11.2. The van der Waals surface area contributed by atoms with Crippen molar-refractivity contribution in [3.8, 4) is 0 Å². The predicted octanol–water partition coefficient (Wildman–Crippen LogP) is 9.83. The van der Waals surface area contributed by atoms with Gasteiger partial charge in [-0.3, -0.25) is 9.05 Å². The van der Waals surface area contributed by atoms with Crippen molar-refractivity contribution in [3.63, 3.8) is 0 Å². The van der Waals surface area contributed by atoms with Gasteiger partial charge in [0.1, 0.15) is 91.6 Å². The molecule has 4 rings (SSSR count). The Bertz CT molecular complexity index is 3220. The molecule has 4 aliphatic heterocycles. The van der Waals surface area contributed by atoms with E-state index in [4.69, 9.17) is 42.2 Å². The fourth-order valence-corrected chi connectivity index (χ4v) is 14.8. The Hall–Kier alpha value is -3.89. The Labute approximate surface area is 644 Å². The molecular formula is C79H130O28P2. The second-order valence-electron chi connectivity index (χ2n) is 29.6.